The second kappa shape index (κ2) is 5.65. The number of nitrogens with one attached hydrogen (secondary N) is 1. The van der Waals surface area contributed by atoms with E-state index in [9.17, 15) is 10.2 Å². The van der Waals surface area contributed by atoms with Gasteiger partial charge in [0.1, 0.15) is 13.7 Å². The molecule has 3 N–H and O–H groups in total. The van der Waals surface area contributed by atoms with E-state index in [1.165, 1.54) is 5.52 Å². The van der Waals surface area contributed by atoms with Gasteiger partial charge in [-0.05, 0) is 48.6 Å². The molecular weight excluding hydrogens is 301 g/mol. The molecule has 0 aliphatic heterocycles. The predicted molar refractivity (Wildman–Crippen MR) is 97.8 cm³/mol. The van der Waals surface area contributed by atoms with Crippen LogP contribution in [-0.4, -0.2) is 27.6 Å². The molecule has 6 heteroatoms. The predicted octanol–water partition coefficient (Wildman–Crippen LogP) is 1.44. The summed E-state index contributed by atoms with van der Waals surface area (Å²) in [5.41, 5.74) is 4.74. The molecule has 4 rings (SSSR count). The lowest BCUT2D eigenvalue weighted by atomic mass is 9.93. The summed E-state index contributed by atoms with van der Waals surface area (Å²) >= 11 is 0. The van der Waals surface area contributed by atoms with Crippen molar-refractivity contribution in [2.45, 2.75) is 25.0 Å². The van der Waals surface area contributed by atoms with Crippen molar-refractivity contribution < 1.29 is 10.2 Å². The number of hydrogen-bond donors (Lipinski definition) is 3. The van der Waals surface area contributed by atoms with Crippen molar-refractivity contribution >= 4 is 35.7 Å². The molecule has 5 nitrogen and oxygen atoms in total. The second-order valence-corrected chi connectivity index (χ2v) is 6.64. The monoisotopic (exact) mass is 321 g/mol. The molecule has 1 aliphatic rings. The molecule has 2 aromatic heterocycles. The Morgan fingerprint density at radius 2 is 2.08 bits per heavy atom. The fourth-order valence-electron chi connectivity index (χ4n) is 3.33. The van der Waals surface area contributed by atoms with Crippen molar-refractivity contribution in [2.75, 3.05) is 5.32 Å². The number of rotatable bonds is 4. The first-order valence-corrected chi connectivity index (χ1v) is 8.21. The summed E-state index contributed by atoms with van der Waals surface area (Å²) in [4.78, 5) is 4.44. The Kier molecular flexibility index (Phi) is 3.59. The van der Waals surface area contributed by atoms with E-state index in [0.29, 0.717) is 17.3 Å². The highest BCUT2D eigenvalue weighted by molar-refractivity contribution is 6.38. The maximum Gasteiger partial charge on any atom is 0.182 e. The van der Waals surface area contributed by atoms with Crippen LogP contribution in [0.5, 0.6) is 0 Å². The maximum atomic E-state index is 9.71. The average Bonchev–Trinajstić information content (AvgIpc) is 3.31. The van der Waals surface area contributed by atoms with Crippen molar-refractivity contribution in [2.24, 2.45) is 7.05 Å². The summed E-state index contributed by atoms with van der Waals surface area (Å²) in [5, 5.41) is 23.8. The quantitative estimate of drug-likeness (QED) is 0.502. The Morgan fingerprint density at radius 1 is 1.29 bits per heavy atom. The molecule has 2 heterocycles. The number of pyridine rings is 1. The van der Waals surface area contributed by atoms with Gasteiger partial charge in [-0.2, -0.15) is 0 Å². The van der Waals surface area contributed by atoms with Gasteiger partial charge >= 0.3 is 0 Å². The standard InChI is InChI=1S/C18H20BN3O2/c1-22-5-4-11-6-13(8-15(19)16(11)22)21-17-14(18(23)24)7-12(9-20-17)10-2-3-10/h4-10,18,23-24H,2-3,19H2,1H3,(H,20,21). The van der Waals surface area contributed by atoms with Crippen LogP contribution in [-0.2, 0) is 7.05 Å². The van der Waals surface area contributed by atoms with Crippen LogP contribution in [0.4, 0.5) is 11.5 Å². The van der Waals surface area contributed by atoms with Crippen LogP contribution in [0, 0.1) is 0 Å². The number of aliphatic hydroxyl groups is 2. The summed E-state index contributed by atoms with van der Waals surface area (Å²) in [5.74, 6) is 1.01. The lowest BCUT2D eigenvalue weighted by Crippen LogP contribution is -2.10. The Labute approximate surface area is 141 Å². The lowest BCUT2D eigenvalue weighted by molar-refractivity contribution is -0.0421. The minimum Gasteiger partial charge on any atom is -0.364 e. The fourth-order valence-corrected chi connectivity index (χ4v) is 3.33. The van der Waals surface area contributed by atoms with Gasteiger partial charge in [-0.15, -0.1) is 0 Å². The van der Waals surface area contributed by atoms with Crippen molar-refractivity contribution in [3.63, 3.8) is 0 Å². The normalized spacial score (nSPS) is 14.5. The SMILES string of the molecule is Bc1cc(Nc2ncc(C3CC3)cc2C(O)O)cc2ccn(C)c12. The third-order valence-electron chi connectivity index (χ3n) is 4.69. The van der Waals surface area contributed by atoms with Crippen LogP contribution in [0.3, 0.4) is 0 Å². The number of fused-ring (bicyclic) bond motifs is 1. The van der Waals surface area contributed by atoms with Crippen LogP contribution in [0.15, 0.2) is 36.7 Å². The third-order valence-corrected chi connectivity index (χ3v) is 4.69. The highest BCUT2D eigenvalue weighted by Crippen LogP contribution is 2.41. The van der Waals surface area contributed by atoms with Crippen LogP contribution >= 0.6 is 0 Å². The molecular formula is C18H20BN3O2. The van der Waals surface area contributed by atoms with E-state index in [2.05, 4.69) is 28.8 Å². The van der Waals surface area contributed by atoms with E-state index in [0.717, 1.165) is 34.9 Å². The maximum absolute atomic E-state index is 9.71. The molecule has 0 spiro atoms. The van der Waals surface area contributed by atoms with Crippen molar-refractivity contribution in [3.05, 3.63) is 47.8 Å². The van der Waals surface area contributed by atoms with E-state index < -0.39 is 6.29 Å². The molecule has 24 heavy (non-hydrogen) atoms. The van der Waals surface area contributed by atoms with Gasteiger partial charge in [0.2, 0.25) is 0 Å². The van der Waals surface area contributed by atoms with Gasteiger partial charge in [-0.1, -0.05) is 5.46 Å². The number of nitrogens with zero attached hydrogens (tertiary/aromatic N) is 2. The Bertz CT molecular complexity index is 916. The molecule has 0 amide bonds. The van der Waals surface area contributed by atoms with Gasteiger partial charge in [-0.3, -0.25) is 0 Å². The number of hydrogen-bond acceptors (Lipinski definition) is 4. The number of anilines is 2. The summed E-state index contributed by atoms with van der Waals surface area (Å²) in [6.45, 7) is 0. The molecule has 0 unspecified atom stereocenters. The largest absolute Gasteiger partial charge is 0.364 e. The molecule has 0 radical (unpaired) electrons. The van der Waals surface area contributed by atoms with Gasteiger partial charge < -0.3 is 20.1 Å². The van der Waals surface area contributed by atoms with E-state index >= 15 is 0 Å². The van der Waals surface area contributed by atoms with Gasteiger partial charge in [0.15, 0.2) is 6.29 Å². The minimum atomic E-state index is -1.54. The van der Waals surface area contributed by atoms with Gasteiger partial charge in [0.05, 0.1) is 5.56 Å². The summed E-state index contributed by atoms with van der Waals surface area (Å²) in [6.07, 6.45) is 4.63. The summed E-state index contributed by atoms with van der Waals surface area (Å²) in [7, 11) is 4.10. The molecule has 0 bridgehead atoms. The molecule has 0 saturated heterocycles. The van der Waals surface area contributed by atoms with Crippen molar-refractivity contribution in [3.8, 4) is 0 Å². The zero-order valence-electron chi connectivity index (χ0n) is 13.8. The summed E-state index contributed by atoms with van der Waals surface area (Å²) in [6, 6.07) is 8.02. The van der Waals surface area contributed by atoms with E-state index in [-0.39, 0.29) is 0 Å². The zero-order chi connectivity index (χ0) is 16.8. The van der Waals surface area contributed by atoms with Crippen LogP contribution in [0.2, 0.25) is 0 Å². The molecule has 122 valence electrons. The van der Waals surface area contributed by atoms with Crippen LogP contribution < -0.4 is 10.8 Å². The lowest BCUT2D eigenvalue weighted by Gasteiger charge is -2.15. The number of aromatic nitrogens is 2. The molecule has 3 aromatic rings. The Morgan fingerprint density at radius 3 is 2.79 bits per heavy atom. The fraction of sp³-hybridized carbons (Fsp3) is 0.278. The Balaban J connectivity index is 1.72. The van der Waals surface area contributed by atoms with E-state index in [1.54, 1.807) is 0 Å². The third kappa shape index (κ3) is 2.68. The van der Waals surface area contributed by atoms with E-state index in [4.69, 9.17) is 0 Å². The number of benzene rings is 1. The van der Waals surface area contributed by atoms with Crippen LogP contribution in [0.25, 0.3) is 10.9 Å². The second-order valence-electron chi connectivity index (χ2n) is 6.64. The first-order chi connectivity index (χ1) is 11.5. The van der Waals surface area contributed by atoms with E-state index in [1.807, 2.05) is 37.6 Å². The minimum absolute atomic E-state index is 0.421. The topological polar surface area (TPSA) is 70.3 Å². The molecule has 0 atom stereocenters. The Hall–Kier alpha value is -2.31. The van der Waals surface area contributed by atoms with Gasteiger partial charge in [-0.25, -0.2) is 4.98 Å². The smallest absolute Gasteiger partial charge is 0.182 e. The zero-order valence-corrected chi connectivity index (χ0v) is 13.8. The molecule has 1 aromatic carbocycles. The van der Waals surface area contributed by atoms with Gasteiger partial charge in [0, 0.05) is 36.0 Å². The first kappa shape index (κ1) is 15.2. The average molecular weight is 321 g/mol. The van der Waals surface area contributed by atoms with Crippen molar-refractivity contribution in [1.82, 2.24) is 9.55 Å². The molecule has 1 aliphatic carbocycles. The molecule has 1 saturated carbocycles. The number of aliphatic hydroxyl groups excluding tert-OH is 1. The van der Waals surface area contributed by atoms with Crippen LogP contribution in [0.1, 0.15) is 36.2 Å². The number of aryl methyl sites for hydroxylation is 1. The van der Waals surface area contributed by atoms with Gasteiger partial charge in [0.25, 0.3) is 0 Å². The highest BCUT2D eigenvalue weighted by Gasteiger charge is 2.25. The first-order valence-electron chi connectivity index (χ1n) is 8.21. The van der Waals surface area contributed by atoms with Crippen molar-refractivity contribution in [1.29, 1.82) is 0 Å². The molecule has 1 fully saturated rings. The highest BCUT2D eigenvalue weighted by atomic mass is 16.5. The summed E-state index contributed by atoms with van der Waals surface area (Å²) < 4.78 is 2.10.